The van der Waals surface area contributed by atoms with Gasteiger partial charge < -0.3 is 4.74 Å². The van der Waals surface area contributed by atoms with Gasteiger partial charge in [0.2, 0.25) is 0 Å². The van der Waals surface area contributed by atoms with Gasteiger partial charge in [-0.15, -0.1) is 11.8 Å². The van der Waals surface area contributed by atoms with Crippen molar-refractivity contribution < 1.29 is 4.74 Å². The van der Waals surface area contributed by atoms with Crippen molar-refractivity contribution in [2.24, 2.45) is 0 Å². The molecule has 0 saturated carbocycles. The topological polar surface area (TPSA) is 9.23 Å². The summed E-state index contributed by atoms with van der Waals surface area (Å²) >= 11 is 1.75. The number of thioether (sulfide) groups is 1. The molecular formula is C13H18OS. The van der Waals surface area contributed by atoms with Crippen molar-refractivity contribution in [3.8, 4) is 5.75 Å². The molecule has 0 aliphatic carbocycles. The van der Waals surface area contributed by atoms with Crippen LogP contribution in [0.15, 0.2) is 35.7 Å². The number of rotatable bonds is 6. The normalized spacial score (nSPS) is 10.0. The molecule has 0 amide bonds. The molecule has 0 saturated heterocycles. The molecule has 82 valence electrons. The van der Waals surface area contributed by atoms with E-state index in [4.69, 9.17) is 4.74 Å². The van der Waals surface area contributed by atoms with E-state index in [1.54, 1.807) is 18.9 Å². The van der Waals surface area contributed by atoms with Crippen molar-refractivity contribution in [3.63, 3.8) is 0 Å². The molecule has 0 bridgehead atoms. The minimum Gasteiger partial charge on any atom is -0.497 e. The summed E-state index contributed by atoms with van der Waals surface area (Å²) in [5, 5.41) is 0. The van der Waals surface area contributed by atoms with Crippen molar-refractivity contribution in [1.82, 2.24) is 0 Å². The quantitative estimate of drug-likeness (QED) is 0.722. The molecule has 2 heteroatoms. The van der Waals surface area contributed by atoms with E-state index in [0.717, 1.165) is 18.6 Å². The first-order valence-electron chi connectivity index (χ1n) is 5.11. The van der Waals surface area contributed by atoms with Gasteiger partial charge in [-0.3, -0.25) is 0 Å². The standard InChI is InChI=1S/C13H18OS/c1-11(15-3)5-4-6-12-7-9-13(14-2)10-8-12/h7-10H,1,4-6H2,2-3H3. The maximum absolute atomic E-state index is 5.11. The lowest BCUT2D eigenvalue weighted by Crippen LogP contribution is -1.87. The van der Waals surface area contributed by atoms with Gasteiger partial charge in [0.05, 0.1) is 7.11 Å². The van der Waals surface area contributed by atoms with Crippen molar-refractivity contribution in [1.29, 1.82) is 0 Å². The van der Waals surface area contributed by atoms with Crippen molar-refractivity contribution in [3.05, 3.63) is 41.3 Å². The Kier molecular flexibility index (Phi) is 5.33. The Labute approximate surface area is 96.5 Å². The summed E-state index contributed by atoms with van der Waals surface area (Å²) in [6, 6.07) is 8.28. The van der Waals surface area contributed by atoms with Crippen LogP contribution in [-0.2, 0) is 6.42 Å². The van der Waals surface area contributed by atoms with Crippen molar-refractivity contribution in [2.75, 3.05) is 13.4 Å². The molecule has 0 atom stereocenters. The summed E-state index contributed by atoms with van der Waals surface area (Å²) in [7, 11) is 1.69. The minimum absolute atomic E-state index is 0.923. The van der Waals surface area contributed by atoms with Gasteiger partial charge in [0.25, 0.3) is 0 Å². The van der Waals surface area contributed by atoms with E-state index < -0.39 is 0 Å². The average Bonchev–Trinajstić information content (AvgIpc) is 2.29. The second kappa shape index (κ2) is 6.57. The maximum atomic E-state index is 5.11. The van der Waals surface area contributed by atoms with E-state index in [1.807, 2.05) is 12.1 Å². The fraction of sp³-hybridized carbons (Fsp3) is 0.385. The fourth-order valence-electron chi connectivity index (χ4n) is 1.38. The molecule has 0 aliphatic rings. The van der Waals surface area contributed by atoms with Gasteiger partial charge in [-0.2, -0.15) is 0 Å². The molecule has 0 spiro atoms. The largest absolute Gasteiger partial charge is 0.497 e. The van der Waals surface area contributed by atoms with Crippen LogP contribution < -0.4 is 4.74 Å². The highest BCUT2D eigenvalue weighted by molar-refractivity contribution is 8.02. The van der Waals surface area contributed by atoms with E-state index in [-0.39, 0.29) is 0 Å². The zero-order chi connectivity index (χ0) is 11.1. The van der Waals surface area contributed by atoms with Crippen LogP contribution in [0.4, 0.5) is 0 Å². The van der Waals surface area contributed by atoms with E-state index >= 15 is 0 Å². The van der Waals surface area contributed by atoms with Crippen LogP contribution in [0.5, 0.6) is 5.75 Å². The Morgan fingerprint density at radius 2 is 2.00 bits per heavy atom. The predicted octanol–water partition coefficient (Wildman–Crippen LogP) is 3.89. The van der Waals surface area contributed by atoms with Crippen LogP contribution in [0.25, 0.3) is 0 Å². The van der Waals surface area contributed by atoms with Gasteiger partial charge in [0.1, 0.15) is 5.75 Å². The van der Waals surface area contributed by atoms with Crippen LogP contribution in [-0.4, -0.2) is 13.4 Å². The summed E-state index contributed by atoms with van der Waals surface area (Å²) < 4.78 is 5.11. The van der Waals surface area contributed by atoms with Gasteiger partial charge in [0.15, 0.2) is 0 Å². The molecular weight excluding hydrogens is 204 g/mol. The summed E-state index contributed by atoms with van der Waals surface area (Å²) in [6.45, 7) is 3.97. The van der Waals surface area contributed by atoms with Crippen LogP contribution >= 0.6 is 11.8 Å². The molecule has 1 rings (SSSR count). The molecule has 0 unspecified atom stereocenters. The molecule has 1 aromatic carbocycles. The van der Waals surface area contributed by atoms with Gasteiger partial charge in [-0.05, 0) is 48.1 Å². The lowest BCUT2D eigenvalue weighted by Gasteiger charge is -2.04. The third-order valence-electron chi connectivity index (χ3n) is 2.37. The SMILES string of the molecule is C=C(CCCc1ccc(OC)cc1)SC. The number of hydrogen-bond donors (Lipinski definition) is 0. The number of hydrogen-bond acceptors (Lipinski definition) is 2. The first-order chi connectivity index (χ1) is 7.26. The van der Waals surface area contributed by atoms with Gasteiger partial charge in [0, 0.05) is 0 Å². The highest BCUT2D eigenvalue weighted by Gasteiger charge is 1.96. The first kappa shape index (κ1) is 12.2. The molecule has 0 aliphatic heterocycles. The Morgan fingerprint density at radius 1 is 1.33 bits per heavy atom. The summed E-state index contributed by atoms with van der Waals surface area (Å²) in [5.41, 5.74) is 1.37. The monoisotopic (exact) mass is 222 g/mol. The summed E-state index contributed by atoms with van der Waals surface area (Å²) in [5.74, 6) is 0.923. The third kappa shape index (κ3) is 4.43. The molecule has 0 N–H and O–H groups in total. The highest BCUT2D eigenvalue weighted by atomic mass is 32.2. The number of methoxy groups -OCH3 is 1. The van der Waals surface area contributed by atoms with Crippen LogP contribution in [0.3, 0.4) is 0 Å². The van der Waals surface area contributed by atoms with Crippen molar-refractivity contribution >= 4 is 11.8 Å². The second-order valence-electron chi connectivity index (χ2n) is 3.44. The second-order valence-corrected chi connectivity index (χ2v) is 4.43. The molecule has 0 aromatic heterocycles. The highest BCUT2D eigenvalue weighted by Crippen LogP contribution is 2.18. The van der Waals surface area contributed by atoms with Crippen molar-refractivity contribution in [2.45, 2.75) is 19.3 Å². The number of ether oxygens (including phenoxy) is 1. The lowest BCUT2D eigenvalue weighted by atomic mass is 10.1. The zero-order valence-corrected chi connectivity index (χ0v) is 10.3. The van der Waals surface area contributed by atoms with Gasteiger partial charge >= 0.3 is 0 Å². The molecule has 15 heavy (non-hydrogen) atoms. The number of allylic oxidation sites excluding steroid dienone is 1. The van der Waals surface area contributed by atoms with Crippen LogP contribution in [0.1, 0.15) is 18.4 Å². The van der Waals surface area contributed by atoms with E-state index in [0.29, 0.717) is 0 Å². The van der Waals surface area contributed by atoms with E-state index in [9.17, 15) is 0 Å². The zero-order valence-electron chi connectivity index (χ0n) is 9.45. The Balaban J connectivity index is 2.34. The maximum Gasteiger partial charge on any atom is 0.118 e. The molecule has 0 heterocycles. The summed E-state index contributed by atoms with van der Waals surface area (Å²) in [4.78, 5) is 1.27. The Hall–Kier alpha value is -0.890. The molecule has 1 aromatic rings. The van der Waals surface area contributed by atoms with E-state index in [1.165, 1.54) is 16.9 Å². The van der Waals surface area contributed by atoms with Gasteiger partial charge in [-0.25, -0.2) is 0 Å². The molecule has 0 fully saturated rings. The number of aryl methyl sites for hydroxylation is 1. The Morgan fingerprint density at radius 3 is 2.53 bits per heavy atom. The molecule has 1 nitrogen and oxygen atoms in total. The molecule has 0 radical (unpaired) electrons. The van der Waals surface area contributed by atoms with Crippen LogP contribution in [0.2, 0.25) is 0 Å². The van der Waals surface area contributed by atoms with Crippen LogP contribution in [0, 0.1) is 0 Å². The third-order valence-corrected chi connectivity index (χ3v) is 3.15. The lowest BCUT2D eigenvalue weighted by molar-refractivity contribution is 0.414. The average molecular weight is 222 g/mol. The first-order valence-corrected chi connectivity index (χ1v) is 6.33. The minimum atomic E-state index is 0.923. The summed E-state index contributed by atoms with van der Waals surface area (Å²) in [6.07, 6.45) is 5.47. The van der Waals surface area contributed by atoms with E-state index in [2.05, 4.69) is 25.0 Å². The smallest absolute Gasteiger partial charge is 0.118 e. The number of benzene rings is 1. The fourth-order valence-corrected chi connectivity index (χ4v) is 1.73. The Bertz CT molecular complexity index is 303. The van der Waals surface area contributed by atoms with Gasteiger partial charge in [-0.1, -0.05) is 18.7 Å². The predicted molar refractivity (Wildman–Crippen MR) is 68.6 cm³/mol.